The second-order valence-electron chi connectivity index (χ2n) is 6.64. The summed E-state index contributed by atoms with van der Waals surface area (Å²) >= 11 is 3.57. The Labute approximate surface area is 137 Å². The largest absolute Gasteiger partial charge is 0.489 e. The number of carboxylic acid groups (broad SMARTS) is 1. The molecule has 1 aromatic carbocycles. The van der Waals surface area contributed by atoms with Crippen LogP contribution in [0.3, 0.4) is 0 Å². The van der Waals surface area contributed by atoms with Crippen molar-refractivity contribution in [2.75, 3.05) is 19.8 Å². The van der Waals surface area contributed by atoms with Crippen LogP contribution in [0.4, 0.5) is 0 Å². The third-order valence-corrected chi connectivity index (χ3v) is 5.52. The second kappa shape index (κ2) is 5.13. The summed E-state index contributed by atoms with van der Waals surface area (Å²) in [5, 5.41) is 12.4. The van der Waals surface area contributed by atoms with Gasteiger partial charge in [-0.15, -0.1) is 0 Å². The third-order valence-electron chi connectivity index (χ3n) is 4.93. The number of hydrogen-bond donors (Lipinski definition) is 2. The smallest absolute Gasteiger partial charge is 0.307 e. The van der Waals surface area contributed by atoms with Gasteiger partial charge in [-0.3, -0.25) is 4.79 Å². The minimum Gasteiger partial charge on any atom is -0.489 e. The number of carbonyl (C=O) groups is 1. The summed E-state index contributed by atoms with van der Waals surface area (Å²) in [7, 11) is 0. The first-order valence-electron chi connectivity index (χ1n) is 7.62. The number of nitrogens with one attached hydrogen (secondary N) is 1. The van der Waals surface area contributed by atoms with E-state index in [1.165, 1.54) is 0 Å². The molecule has 2 heterocycles. The van der Waals surface area contributed by atoms with Crippen LogP contribution in [0, 0.1) is 11.3 Å². The molecule has 0 aromatic heterocycles. The molecule has 0 amide bonds. The van der Waals surface area contributed by atoms with E-state index in [0.29, 0.717) is 26.2 Å². The van der Waals surface area contributed by atoms with Crippen molar-refractivity contribution in [1.29, 1.82) is 0 Å². The lowest BCUT2D eigenvalue weighted by molar-refractivity contribution is -0.141. The van der Waals surface area contributed by atoms with Gasteiger partial charge < -0.3 is 19.9 Å². The Kier molecular flexibility index (Phi) is 3.34. The molecular weight excluding hydrogens is 350 g/mol. The molecule has 1 saturated heterocycles. The van der Waals surface area contributed by atoms with Crippen LogP contribution in [0.25, 0.3) is 0 Å². The van der Waals surface area contributed by atoms with Gasteiger partial charge in [-0.2, -0.15) is 0 Å². The van der Waals surface area contributed by atoms with E-state index in [1.807, 2.05) is 12.1 Å². The minimum atomic E-state index is -0.737. The summed E-state index contributed by atoms with van der Waals surface area (Å²) in [5.41, 5.74) is 1.25. The number of fused-ring (bicyclic) bond motifs is 1. The van der Waals surface area contributed by atoms with Gasteiger partial charge in [0, 0.05) is 18.0 Å². The van der Waals surface area contributed by atoms with Crippen LogP contribution in [0.2, 0.25) is 0 Å². The van der Waals surface area contributed by atoms with E-state index < -0.39 is 5.97 Å². The van der Waals surface area contributed by atoms with Crippen LogP contribution in [0.1, 0.15) is 30.9 Å². The molecule has 1 aromatic rings. The van der Waals surface area contributed by atoms with E-state index in [-0.39, 0.29) is 17.4 Å². The zero-order chi connectivity index (χ0) is 15.3. The predicted molar refractivity (Wildman–Crippen MR) is 83.3 cm³/mol. The average Bonchev–Trinajstić information content (AvgIpc) is 3.13. The van der Waals surface area contributed by atoms with Crippen molar-refractivity contribution in [3.8, 4) is 11.5 Å². The maximum absolute atomic E-state index is 11.1. The zero-order valence-corrected chi connectivity index (χ0v) is 13.7. The summed E-state index contributed by atoms with van der Waals surface area (Å²) in [6, 6.07) is 4.04. The molecule has 6 heteroatoms. The van der Waals surface area contributed by atoms with Crippen molar-refractivity contribution >= 4 is 21.9 Å². The molecule has 22 heavy (non-hydrogen) atoms. The quantitative estimate of drug-likeness (QED) is 0.840. The van der Waals surface area contributed by atoms with E-state index in [9.17, 15) is 4.79 Å². The first-order valence-corrected chi connectivity index (χ1v) is 8.41. The molecule has 5 nitrogen and oxygen atoms in total. The number of carboxylic acids is 1. The summed E-state index contributed by atoms with van der Waals surface area (Å²) in [6.45, 7) is 1.92. The number of benzene rings is 1. The maximum atomic E-state index is 11.1. The van der Waals surface area contributed by atoms with Crippen LogP contribution in [-0.4, -0.2) is 30.8 Å². The van der Waals surface area contributed by atoms with E-state index in [4.69, 9.17) is 14.6 Å². The highest BCUT2D eigenvalue weighted by atomic mass is 79.9. The van der Waals surface area contributed by atoms with Crippen molar-refractivity contribution in [3.63, 3.8) is 0 Å². The topological polar surface area (TPSA) is 67.8 Å². The molecule has 118 valence electrons. The van der Waals surface area contributed by atoms with E-state index in [1.54, 1.807) is 0 Å². The molecule has 2 aliphatic heterocycles. The molecule has 2 atom stereocenters. The summed E-state index contributed by atoms with van der Waals surface area (Å²) in [4.78, 5) is 11.1. The van der Waals surface area contributed by atoms with Gasteiger partial charge >= 0.3 is 5.97 Å². The Morgan fingerprint density at radius 1 is 1.32 bits per heavy atom. The van der Waals surface area contributed by atoms with E-state index in [0.717, 1.165) is 34.4 Å². The summed E-state index contributed by atoms with van der Waals surface area (Å²) < 4.78 is 12.8. The predicted octanol–water partition coefficient (Wildman–Crippen LogP) is 2.74. The van der Waals surface area contributed by atoms with Crippen LogP contribution in [-0.2, 0) is 4.79 Å². The monoisotopic (exact) mass is 367 g/mol. The SMILES string of the molecule is O=C(O)C1CNC(c2cc(Br)c3c(c2)OCC2(CC2)CO3)C1. The van der Waals surface area contributed by atoms with Crippen LogP contribution < -0.4 is 14.8 Å². The van der Waals surface area contributed by atoms with Gasteiger partial charge in [-0.25, -0.2) is 0 Å². The first-order chi connectivity index (χ1) is 10.6. The van der Waals surface area contributed by atoms with Gasteiger partial charge in [0.25, 0.3) is 0 Å². The highest BCUT2D eigenvalue weighted by Gasteiger charge is 2.46. The van der Waals surface area contributed by atoms with Gasteiger partial charge in [0.1, 0.15) is 0 Å². The fourth-order valence-electron chi connectivity index (χ4n) is 3.18. The molecule has 2 N–H and O–H groups in total. The maximum Gasteiger partial charge on any atom is 0.307 e. The molecule has 0 radical (unpaired) electrons. The van der Waals surface area contributed by atoms with Gasteiger partial charge in [0.15, 0.2) is 11.5 Å². The minimum absolute atomic E-state index is 0.0458. The number of rotatable bonds is 2. The Morgan fingerprint density at radius 3 is 2.77 bits per heavy atom. The number of aliphatic carboxylic acids is 1. The Morgan fingerprint density at radius 2 is 2.09 bits per heavy atom. The molecule has 4 rings (SSSR count). The average molecular weight is 368 g/mol. The lowest BCUT2D eigenvalue weighted by Crippen LogP contribution is -2.17. The van der Waals surface area contributed by atoms with Gasteiger partial charge in [-0.1, -0.05) is 0 Å². The molecule has 1 spiro atoms. The van der Waals surface area contributed by atoms with Crippen LogP contribution >= 0.6 is 15.9 Å². The molecule has 1 aliphatic carbocycles. The van der Waals surface area contributed by atoms with Gasteiger partial charge in [0.05, 0.1) is 23.6 Å². The number of halogens is 1. The second-order valence-corrected chi connectivity index (χ2v) is 7.49. The summed E-state index contributed by atoms with van der Waals surface area (Å²) in [5.74, 6) is 0.461. The molecule has 2 unspecified atom stereocenters. The fourth-order valence-corrected chi connectivity index (χ4v) is 3.75. The fraction of sp³-hybridized carbons (Fsp3) is 0.562. The Bertz CT molecular complexity index is 629. The molecular formula is C16H18BrNO4. The summed E-state index contributed by atoms with van der Waals surface area (Å²) in [6.07, 6.45) is 2.93. The van der Waals surface area contributed by atoms with Gasteiger partial charge in [0.2, 0.25) is 0 Å². The molecule has 3 aliphatic rings. The lowest BCUT2D eigenvalue weighted by atomic mass is 10.00. The normalized spacial score (nSPS) is 28.4. The molecule has 2 fully saturated rings. The van der Waals surface area contributed by atoms with E-state index >= 15 is 0 Å². The Balaban J connectivity index is 1.59. The number of hydrogen-bond acceptors (Lipinski definition) is 4. The van der Waals surface area contributed by atoms with Crippen molar-refractivity contribution < 1.29 is 19.4 Å². The Hall–Kier alpha value is -1.27. The van der Waals surface area contributed by atoms with Crippen molar-refractivity contribution in [3.05, 3.63) is 22.2 Å². The van der Waals surface area contributed by atoms with Crippen molar-refractivity contribution in [2.24, 2.45) is 11.3 Å². The first kappa shape index (κ1) is 14.3. The molecule has 1 saturated carbocycles. The number of ether oxygens (including phenoxy) is 2. The van der Waals surface area contributed by atoms with Gasteiger partial charge in [-0.05, 0) is 52.9 Å². The van der Waals surface area contributed by atoms with Crippen molar-refractivity contribution in [1.82, 2.24) is 5.32 Å². The highest BCUT2D eigenvalue weighted by Crippen LogP contribution is 2.51. The van der Waals surface area contributed by atoms with E-state index in [2.05, 4.69) is 21.2 Å². The van der Waals surface area contributed by atoms with Crippen LogP contribution in [0.5, 0.6) is 11.5 Å². The molecule has 0 bridgehead atoms. The van der Waals surface area contributed by atoms with Crippen molar-refractivity contribution in [2.45, 2.75) is 25.3 Å². The van der Waals surface area contributed by atoms with Crippen LogP contribution in [0.15, 0.2) is 16.6 Å². The standard InChI is InChI=1S/C16H18BrNO4/c17-11-3-9(12-4-10(6-18-12)15(19)20)5-13-14(11)22-8-16(1-2-16)7-21-13/h3,5,10,12,18H,1-2,4,6-8H2,(H,19,20). The zero-order valence-electron chi connectivity index (χ0n) is 12.1. The highest BCUT2D eigenvalue weighted by molar-refractivity contribution is 9.10. The third kappa shape index (κ3) is 2.48. The lowest BCUT2D eigenvalue weighted by Gasteiger charge is -2.15.